The van der Waals surface area contributed by atoms with Crippen molar-refractivity contribution in [3.05, 3.63) is 75.8 Å². The van der Waals surface area contributed by atoms with Crippen molar-refractivity contribution >= 4 is 37.6 Å². The van der Waals surface area contributed by atoms with Gasteiger partial charge in [-0.05, 0) is 46.5 Å². The van der Waals surface area contributed by atoms with Crippen LogP contribution in [0.5, 0.6) is 0 Å². The van der Waals surface area contributed by atoms with E-state index >= 15 is 0 Å². The van der Waals surface area contributed by atoms with Crippen LogP contribution in [0.2, 0.25) is 0 Å². The minimum Gasteiger partial charge on any atom is -0.383 e. The number of piperazine rings is 1. The van der Waals surface area contributed by atoms with E-state index in [1.807, 2.05) is 43.3 Å². The Morgan fingerprint density at radius 2 is 1.95 bits per heavy atom. The molecule has 3 aromatic heterocycles. The number of anilines is 1. The van der Waals surface area contributed by atoms with Gasteiger partial charge >= 0.3 is 0 Å². The van der Waals surface area contributed by atoms with Crippen LogP contribution in [-0.4, -0.2) is 75.0 Å². The third-order valence-electron chi connectivity index (χ3n) is 6.96. The third kappa shape index (κ3) is 4.50. The fourth-order valence-corrected chi connectivity index (χ4v) is 6.03. The number of rotatable bonds is 7. The predicted octanol–water partition coefficient (Wildman–Crippen LogP) is 2.99. The second-order valence-corrected chi connectivity index (χ2v) is 10.2. The molecule has 37 heavy (non-hydrogen) atoms. The van der Waals surface area contributed by atoms with E-state index in [4.69, 9.17) is 9.72 Å². The third-order valence-corrected chi connectivity index (χ3v) is 8.05. The number of nitrogens with zero attached hydrogens (tertiary/aromatic N) is 7. The Balaban J connectivity index is 1.35. The molecule has 0 radical (unpaired) electrons. The molecule has 0 spiro atoms. The van der Waals surface area contributed by atoms with Crippen LogP contribution >= 0.6 is 11.3 Å². The van der Waals surface area contributed by atoms with Crippen LogP contribution < -0.4 is 10.5 Å². The molecule has 5 aromatic rings. The Hall–Kier alpha value is -3.67. The van der Waals surface area contributed by atoms with Crippen molar-refractivity contribution in [1.82, 2.24) is 35.1 Å². The first-order valence-corrected chi connectivity index (χ1v) is 13.2. The first kappa shape index (κ1) is 23.7. The van der Waals surface area contributed by atoms with Gasteiger partial charge in [0, 0.05) is 38.9 Å². The molecule has 1 fully saturated rings. The monoisotopic (exact) mass is 516 g/mol. The zero-order chi connectivity index (χ0) is 25.4. The van der Waals surface area contributed by atoms with Gasteiger partial charge in [0.25, 0.3) is 5.56 Å². The summed E-state index contributed by atoms with van der Waals surface area (Å²) in [7, 11) is 1.65. The molecule has 1 aliphatic rings. The molecule has 0 unspecified atom stereocenters. The standard InChI is InChI=1S/C26H28N8O2S/c1-17-6-5-7-18-16-19(25(35)28-22(17)18)23(24-29-30-31-34(24)14-15-36-2)32-10-12-33(13-11-32)26-27-20-8-3-4-9-21(20)37-26/h3-9,16,23H,10-15H2,1-2H3,(H,28,35)/t23-/m0/s1. The summed E-state index contributed by atoms with van der Waals surface area (Å²) in [5.74, 6) is 0.642. The molecular weight excluding hydrogens is 488 g/mol. The molecule has 0 amide bonds. The Morgan fingerprint density at radius 1 is 1.11 bits per heavy atom. The number of hydrogen-bond acceptors (Lipinski definition) is 9. The summed E-state index contributed by atoms with van der Waals surface area (Å²) in [6, 6.07) is 15.9. The molecule has 0 bridgehead atoms. The predicted molar refractivity (Wildman–Crippen MR) is 144 cm³/mol. The molecule has 0 saturated carbocycles. The summed E-state index contributed by atoms with van der Waals surface area (Å²) in [4.78, 5) is 26.0. The van der Waals surface area contributed by atoms with Crippen molar-refractivity contribution < 1.29 is 4.74 Å². The van der Waals surface area contributed by atoms with Gasteiger partial charge in [-0.2, -0.15) is 0 Å². The molecule has 1 saturated heterocycles. The Kier molecular flexibility index (Phi) is 6.41. The van der Waals surface area contributed by atoms with Gasteiger partial charge in [-0.1, -0.05) is 41.7 Å². The first-order chi connectivity index (χ1) is 18.1. The van der Waals surface area contributed by atoms with Gasteiger partial charge in [-0.15, -0.1) is 5.10 Å². The number of ether oxygens (including phenoxy) is 1. The van der Waals surface area contributed by atoms with Crippen LogP contribution in [0.15, 0.2) is 53.3 Å². The van der Waals surface area contributed by atoms with Crippen LogP contribution in [-0.2, 0) is 11.3 Å². The summed E-state index contributed by atoms with van der Waals surface area (Å²) in [5.41, 5.74) is 3.43. The van der Waals surface area contributed by atoms with Crippen LogP contribution in [0, 0.1) is 6.92 Å². The Bertz CT molecular complexity index is 1570. The second-order valence-electron chi connectivity index (χ2n) is 9.24. The van der Waals surface area contributed by atoms with Crippen molar-refractivity contribution in [2.24, 2.45) is 0 Å². The number of hydrogen-bond donors (Lipinski definition) is 1. The molecule has 11 heteroatoms. The number of para-hydroxylation sites is 2. The van der Waals surface area contributed by atoms with Gasteiger partial charge in [-0.25, -0.2) is 9.67 Å². The lowest BCUT2D eigenvalue weighted by Gasteiger charge is -2.38. The summed E-state index contributed by atoms with van der Waals surface area (Å²) >= 11 is 1.72. The second kappa shape index (κ2) is 10.0. The number of thiazole rings is 1. The quantitative estimate of drug-likeness (QED) is 0.352. The number of aromatic nitrogens is 6. The van der Waals surface area contributed by atoms with Crippen molar-refractivity contribution in [2.75, 3.05) is 44.8 Å². The summed E-state index contributed by atoms with van der Waals surface area (Å²) in [5, 5.41) is 14.6. The smallest absolute Gasteiger partial charge is 0.253 e. The molecule has 1 N–H and O–H groups in total. The number of tetrazole rings is 1. The van der Waals surface area contributed by atoms with E-state index < -0.39 is 6.04 Å². The zero-order valence-corrected chi connectivity index (χ0v) is 21.6. The van der Waals surface area contributed by atoms with Gasteiger partial charge in [0.05, 0.1) is 28.9 Å². The molecule has 0 aliphatic carbocycles. The fraction of sp³-hybridized carbons (Fsp3) is 0.346. The normalized spacial score (nSPS) is 15.6. The molecule has 4 heterocycles. The number of fused-ring (bicyclic) bond motifs is 2. The maximum atomic E-state index is 13.5. The number of nitrogens with one attached hydrogen (secondary N) is 1. The number of H-pyrrole nitrogens is 1. The van der Waals surface area contributed by atoms with Crippen LogP contribution in [0.25, 0.3) is 21.1 Å². The lowest BCUT2D eigenvalue weighted by Crippen LogP contribution is -2.49. The average molecular weight is 517 g/mol. The van der Waals surface area contributed by atoms with Gasteiger partial charge < -0.3 is 14.6 Å². The highest BCUT2D eigenvalue weighted by Gasteiger charge is 2.33. The summed E-state index contributed by atoms with van der Waals surface area (Å²) in [6.07, 6.45) is 0. The van der Waals surface area contributed by atoms with E-state index in [2.05, 4.69) is 42.4 Å². The highest BCUT2D eigenvalue weighted by molar-refractivity contribution is 7.22. The van der Waals surface area contributed by atoms with Gasteiger partial charge in [0.1, 0.15) is 6.04 Å². The van der Waals surface area contributed by atoms with Crippen molar-refractivity contribution in [3.8, 4) is 0 Å². The molecule has 2 aromatic carbocycles. The maximum absolute atomic E-state index is 13.5. The van der Waals surface area contributed by atoms with Crippen LogP contribution in [0.1, 0.15) is 23.0 Å². The van der Waals surface area contributed by atoms with Crippen molar-refractivity contribution in [3.63, 3.8) is 0 Å². The number of benzene rings is 2. The SMILES string of the molecule is COCCn1nnnc1[C@H](c1cc2cccc(C)c2[nH]c1=O)N1CCN(c2nc3ccccc3s2)CC1. The molecule has 1 atom stereocenters. The average Bonchev–Trinajstić information content (AvgIpc) is 3.56. The van der Waals surface area contributed by atoms with Crippen molar-refractivity contribution in [1.29, 1.82) is 0 Å². The zero-order valence-electron chi connectivity index (χ0n) is 20.8. The molecule has 1 aliphatic heterocycles. The molecule has 10 nitrogen and oxygen atoms in total. The largest absolute Gasteiger partial charge is 0.383 e. The van der Waals surface area contributed by atoms with E-state index in [0.717, 1.165) is 53.3 Å². The Labute approximate surface area is 217 Å². The van der Waals surface area contributed by atoms with E-state index in [9.17, 15) is 4.79 Å². The maximum Gasteiger partial charge on any atom is 0.253 e. The van der Waals surface area contributed by atoms with Crippen molar-refractivity contribution in [2.45, 2.75) is 19.5 Å². The minimum absolute atomic E-state index is 0.123. The molecule has 190 valence electrons. The summed E-state index contributed by atoms with van der Waals surface area (Å²) < 4.78 is 8.21. The van der Waals surface area contributed by atoms with Gasteiger partial charge in [-0.3, -0.25) is 9.69 Å². The number of aromatic amines is 1. The molecular formula is C26H28N8O2S. The lowest BCUT2D eigenvalue weighted by molar-refractivity contribution is 0.171. The van der Waals surface area contributed by atoms with Gasteiger partial charge in [0.15, 0.2) is 11.0 Å². The van der Waals surface area contributed by atoms with E-state index in [-0.39, 0.29) is 5.56 Å². The van der Waals surface area contributed by atoms with E-state index in [1.54, 1.807) is 23.1 Å². The molecule has 6 rings (SSSR count). The number of pyridine rings is 1. The van der Waals surface area contributed by atoms with Crippen LogP contribution in [0.3, 0.4) is 0 Å². The topological polar surface area (TPSA) is 105 Å². The lowest BCUT2D eigenvalue weighted by atomic mass is 10.0. The number of aryl methyl sites for hydroxylation is 1. The van der Waals surface area contributed by atoms with E-state index in [1.165, 1.54) is 4.70 Å². The highest BCUT2D eigenvalue weighted by atomic mass is 32.1. The summed E-state index contributed by atoms with van der Waals surface area (Å²) in [6.45, 7) is 6.05. The highest BCUT2D eigenvalue weighted by Crippen LogP contribution is 2.32. The number of methoxy groups -OCH3 is 1. The van der Waals surface area contributed by atoms with Crippen LogP contribution in [0.4, 0.5) is 5.13 Å². The van der Waals surface area contributed by atoms with E-state index in [0.29, 0.717) is 24.5 Å². The first-order valence-electron chi connectivity index (χ1n) is 12.3. The minimum atomic E-state index is -0.391. The fourth-order valence-electron chi connectivity index (χ4n) is 5.01. The van der Waals surface area contributed by atoms with Gasteiger partial charge in [0.2, 0.25) is 0 Å². The Morgan fingerprint density at radius 3 is 2.76 bits per heavy atom.